The highest BCUT2D eigenvalue weighted by Crippen LogP contribution is 2.41. The maximum Gasteiger partial charge on any atom is 0.257 e. The van der Waals surface area contributed by atoms with Crippen molar-refractivity contribution in [3.05, 3.63) is 41.7 Å². The summed E-state index contributed by atoms with van der Waals surface area (Å²) in [4.78, 5) is 24.6. The van der Waals surface area contributed by atoms with Gasteiger partial charge in [0.25, 0.3) is 5.91 Å². The molecule has 1 amide bonds. The Labute approximate surface area is 193 Å². The van der Waals surface area contributed by atoms with Crippen LogP contribution in [0.1, 0.15) is 42.2 Å². The van der Waals surface area contributed by atoms with Crippen molar-refractivity contribution < 1.29 is 19.0 Å². The number of hydrogen-bond acceptors (Lipinski definition) is 7. The fourth-order valence-electron chi connectivity index (χ4n) is 4.32. The van der Waals surface area contributed by atoms with Crippen LogP contribution in [0.3, 0.4) is 0 Å². The van der Waals surface area contributed by atoms with E-state index in [1.165, 1.54) is 0 Å². The predicted molar refractivity (Wildman–Crippen MR) is 128 cm³/mol. The Morgan fingerprint density at radius 2 is 1.82 bits per heavy atom. The number of anilines is 2. The Morgan fingerprint density at radius 3 is 2.45 bits per heavy atom. The van der Waals surface area contributed by atoms with E-state index in [4.69, 9.17) is 14.2 Å². The number of methoxy groups -OCH3 is 3. The van der Waals surface area contributed by atoms with Gasteiger partial charge in [-0.15, -0.1) is 0 Å². The highest BCUT2D eigenvalue weighted by atomic mass is 16.5. The summed E-state index contributed by atoms with van der Waals surface area (Å²) in [5, 5.41) is 4.20. The molecule has 0 radical (unpaired) electrons. The molecule has 3 heterocycles. The Kier molecular flexibility index (Phi) is 6.53. The lowest BCUT2D eigenvalue weighted by atomic mass is 10.0. The summed E-state index contributed by atoms with van der Waals surface area (Å²) in [6, 6.07) is 7.68. The van der Waals surface area contributed by atoms with E-state index in [9.17, 15) is 4.79 Å². The SMILES string of the molecule is COc1cc(Nc2c(C(=O)N3CCCCC3C)cnc3nc(C)ccc23)cc(OC)c1OC. The number of amides is 1. The third-order valence-electron chi connectivity index (χ3n) is 6.10. The van der Waals surface area contributed by atoms with Gasteiger partial charge < -0.3 is 24.4 Å². The summed E-state index contributed by atoms with van der Waals surface area (Å²) in [7, 11) is 4.71. The largest absolute Gasteiger partial charge is 0.493 e. The molecule has 8 heteroatoms. The Balaban J connectivity index is 1.85. The third kappa shape index (κ3) is 4.37. The molecule has 1 aliphatic heterocycles. The van der Waals surface area contributed by atoms with Crippen LogP contribution in [-0.4, -0.2) is 54.7 Å². The van der Waals surface area contributed by atoms with E-state index in [1.54, 1.807) is 27.5 Å². The summed E-state index contributed by atoms with van der Waals surface area (Å²) < 4.78 is 16.4. The third-order valence-corrected chi connectivity index (χ3v) is 6.10. The summed E-state index contributed by atoms with van der Waals surface area (Å²) >= 11 is 0. The van der Waals surface area contributed by atoms with Gasteiger partial charge in [0.2, 0.25) is 5.75 Å². The highest BCUT2D eigenvalue weighted by Gasteiger charge is 2.27. The van der Waals surface area contributed by atoms with Gasteiger partial charge in [0, 0.05) is 47.7 Å². The number of fused-ring (bicyclic) bond motifs is 1. The quantitative estimate of drug-likeness (QED) is 0.581. The van der Waals surface area contributed by atoms with E-state index < -0.39 is 0 Å². The van der Waals surface area contributed by atoms with Crippen LogP contribution in [-0.2, 0) is 0 Å². The van der Waals surface area contributed by atoms with E-state index in [0.29, 0.717) is 39.8 Å². The van der Waals surface area contributed by atoms with E-state index in [1.807, 2.05) is 36.1 Å². The van der Waals surface area contributed by atoms with Crippen LogP contribution in [0.4, 0.5) is 11.4 Å². The number of nitrogens with one attached hydrogen (secondary N) is 1. The molecule has 174 valence electrons. The van der Waals surface area contributed by atoms with Crippen molar-refractivity contribution in [2.24, 2.45) is 0 Å². The van der Waals surface area contributed by atoms with Crippen molar-refractivity contribution >= 4 is 28.3 Å². The summed E-state index contributed by atoms with van der Waals surface area (Å²) in [6.07, 6.45) is 4.77. The second kappa shape index (κ2) is 9.52. The molecule has 0 spiro atoms. The first kappa shape index (κ1) is 22.6. The predicted octanol–water partition coefficient (Wildman–Crippen LogP) is 4.72. The van der Waals surface area contributed by atoms with E-state index in [2.05, 4.69) is 22.2 Å². The number of nitrogens with zero attached hydrogens (tertiary/aromatic N) is 3. The molecule has 0 aliphatic carbocycles. The van der Waals surface area contributed by atoms with Crippen LogP contribution in [0, 0.1) is 6.92 Å². The van der Waals surface area contributed by atoms with Gasteiger partial charge >= 0.3 is 0 Å². The van der Waals surface area contributed by atoms with E-state index in [-0.39, 0.29) is 11.9 Å². The minimum atomic E-state index is -0.0351. The standard InChI is InChI=1S/C25H30N4O4/c1-15-9-10-18-22(28-17-12-20(31-3)23(33-5)21(13-17)32-4)19(14-26-24(18)27-15)25(30)29-11-7-6-8-16(29)2/h9-10,12-14,16H,6-8,11H2,1-5H3,(H,26,27,28). The molecule has 1 fully saturated rings. The summed E-state index contributed by atoms with van der Waals surface area (Å²) in [6.45, 7) is 4.76. The molecule has 1 aliphatic rings. The van der Waals surface area contributed by atoms with Crippen molar-refractivity contribution in [3.63, 3.8) is 0 Å². The van der Waals surface area contributed by atoms with E-state index in [0.717, 1.165) is 36.9 Å². The smallest absolute Gasteiger partial charge is 0.257 e. The number of hydrogen-bond donors (Lipinski definition) is 1. The van der Waals surface area contributed by atoms with Gasteiger partial charge in [-0.3, -0.25) is 4.79 Å². The maximum absolute atomic E-state index is 13.6. The minimum Gasteiger partial charge on any atom is -0.493 e. The van der Waals surface area contributed by atoms with Crippen molar-refractivity contribution in [1.29, 1.82) is 0 Å². The van der Waals surface area contributed by atoms with Crippen LogP contribution in [0.25, 0.3) is 11.0 Å². The van der Waals surface area contributed by atoms with Crippen molar-refractivity contribution in [3.8, 4) is 17.2 Å². The van der Waals surface area contributed by atoms with Crippen LogP contribution in [0.5, 0.6) is 17.2 Å². The van der Waals surface area contributed by atoms with Gasteiger partial charge in [-0.1, -0.05) is 0 Å². The van der Waals surface area contributed by atoms with E-state index >= 15 is 0 Å². The minimum absolute atomic E-state index is 0.0351. The topological polar surface area (TPSA) is 85.8 Å². The summed E-state index contributed by atoms with van der Waals surface area (Å²) in [5.41, 5.74) is 3.30. The monoisotopic (exact) mass is 450 g/mol. The molecule has 1 unspecified atom stereocenters. The van der Waals surface area contributed by atoms with Crippen molar-refractivity contribution in [1.82, 2.24) is 14.9 Å². The molecule has 1 aromatic carbocycles. The second-order valence-electron chi connectivity index (χ2n) is 8.25. The number of aryl methyl sites for hydroxylation is 1. The molecule has 2 aromatic heterocycles. The first-order valence-corrected chi connectivity index (χ1v) is 11.1. The molecule has 4 rings (SSSR count). The van der Waals surface area contributed by atoms with Gasteiger partial charge in [-0.25, -0.2) is 9.97 Å². The fraction of sp³-hybridized carbons (Fsp3) is 0.400. The first-order chi connectivity index (χ1) is 16.0. The van der Waals surface area contributed by atoms with Gasteiger partial charge in [-0.05, 0) is 45.2 Å². The average molecular weight is 451 g/mol. The lowest BCUT2D eigenvalue weighted by molar-refractivity contribution is 0.0636. The molecule has 8 nitrogen and oxygen atoms in total. The van der Waals surface area contributed by atoms with Gasteiger partial charge in [0.15, 0.2) is 17.1 Å². The molecule has 33 heavy (non-hydrogen) atoms. The molecule has 1 atom stereocenters. The van der Waals surface area contributed by atoms with Gasteiger partial charge in [0.05, 0.1) is 32.6 Å². The Morgan fingerprint density at radius 1 is 1.09 bits per heavy atom. The Hall–Kier alpha value is -3.55. The second-order valence-corrected chi connectivity index (χ2v) is 8.25. The summed E-state index contributed by atoms with van der Waals surface area (Å²) in [5.74, 6) is 1.50. The molecule has 1 N–H and O–H groups in total. The lowest BCUT2D eigenvalue weighted by Crippen LogP contribution is -2.42. The average Bonchev–Trinajstić information content (AvgIpc) is 2.83. The zero-order valence-corrected chi connectivity index (χ0v) is 19.8. The molecular formula is C25H30N4O4. The van der Waals surface area contributed by atoms with Gasteiger partial charge in [0.1, 0.15) is 0 Å². The number of likely N-dealkylation sites (tertiary alicyclic amines) is 1. The number of rotatable bonds is 6. The molecule has 0 saturated carbocycles. The van der Waals surface area contributed by atoms with Crippen LogP contribution < -0.4 is 19.5 Å². The number of benzene rings is 1. The van der Waals surface area contributed by atoms with Crippen LogP contribution in [0.2, 0.25) is 0 Å². The normalized spacial score (nSPS) is 15.9. The van der Waals surface area contributed by atoms with Crippen molar-refractivity contribution in [2.75, 3.05) is 33.2 Å². The molecule has 1 saturated heterocycles. The maximum atomic E-state index is 13.6. The number of carbonyl (C=O) groups is 1. The highest BCUT2D eigenvalue weighted by molar-refractivity contribution is 6.07. The lowest BCUT2D eigenvalue weighted by Gasteiger charge is -2.34. The number of carbonyl (C=O) groups excluding carboxylic acids is 1. The number of pyridine rings is 2. The molecule has 3 aromatic rings. The fourth-order valence-corrected chi connectivity index (χ4v) is 4.32. The molecule has 0 bridgehead atoms. The zero-order valence-electron chi connectivity index (χ0n) is 19.8. The molecular weight excluding hydrogens is 420 g/mol. The van der Waals surface area contributed by atoms with Crippen LogP contribution >= 0.6 is 0 Å². The zero-order chi connectivity index (χ0) is 23.5. The van der Waals surface area contributed by atoms with Crippen LogP contribution in [0.15, 0.2) is 30.5 Å². The Bertz CT molecular complexity index is 1160. The number of piperidine rings is 1. The first-order valence-electron chi connectivity index (χ1n) is 11.1. The van der Waals surface area contributed by atoms with Gasteiger partial charge in [-0.2, -0.15) is 0 Å². The van der Waals surface area contributed by atoms with Crippen molar-refractivity contribution in [2.45, 2.75) is 39.2 Å². The number of ether oxygens (including phenoxy) is 3. The number of aromatic nitrogens is 2.